The Morgan fingerprint density at radius 2 is 1.95 bits per heavy atom. The largest absolute Gasteiger partial charge is 0.271 e. The summed E-state index contributed by atoms with van der Waals surface area (Å²) in [4.78, 5) is 0. The van der Waals surface area contributed by atoms with Gasteiger partial charge < -0.3 is 0 Å². The number of nitrogens with two attached hydrogens (primary N) is 1. The van der Waals surface area contributed by atoms with Gasteiger partial charge >= 0.3 is 0 Å². The van der Waals surface area contributed by atoms with Crippen LogP contribution in [0.15, 0.2) is 42.6 Å². The smallest absolute Gasteiger partial charge is 0.0641 e. The zero-order valence-corrected chi connectivity index (χ0v) is 12.8. The van der Waals surface area contributed by atoms with Gasteiger partial charge in [0.2, 0.25) is 0 Å². The van der Waals surface area contributed by atoms with E-state index >= 15 is 0 Å². The van der Waals surface area contributed by atoms with Gasteiger partial charge in [0.15, 0.2) is 0 Å². The predicted octanol–water partition coefficient (Wildman–Crippen LogP) is 2.57. The second-order valence-corrected chi connectivity index (χ2v) is 6.33. The Bertz CT molecular complexity index is 584. The number of hydrogen-bond acceptors (Lipinski definition) is 3. The van der Waals surface area contributed by atoms with Gasteiger partial charge in [0.05, 0.1) is 5.69 Å². The van der Waals surface area contributed by atoms with Crippen molar-refractivity contribution in [2.24, 2.45) is 5.84 Å². The topological polar surface area (TPSA) is 55.9 Å². The molecule has 1 saturated carbocycles. The summed E-state index contributed by atoms with van der Waals surface area (Å²) in [5.41, 5.74) is 5.71. The van der Waals surface area contributed by atoms with Crippen LogP contribution in [0, 0.1) is 0 Å². The minimum Gasteiger partial charge on any atom is -0.271 e. The van der Waals surface area contributed by atoms with Gasteiger partial charge in [-0.05, 0) is 38.3 Å². The third-order valence-corrected chi connectivity index (χ3v) is 4.61. The average molecular weight is 284 g/mol. The number of nitrogens with one attached hydrogen (secondary N) is 1. The standard InChI is InChI=1S/C17H24N4/c1-13(2)21-11-8-15(20-21)12-16(19-18)17(9-10-17)14-6-4-3-5-7-14/h3-8,11,13,16,19H,9-10,12,18H2,1-2H3. The van der Waals surface area contributed by atoms with E-state index in [0.29, 0.717) is 6.04 Å². The van der Waals surface area contributed by atoms with Gasteiger partial charge in [-0.1, -0.05) is 30.3 Å². The van der Waals surface area contributed by atoms with Crippen molar-refractivity contribution in [1.29, 1.82) is 0 Å². The molecule has 3 rings (SSSR count). The number of hydrogen-bond donors (Lipinski definition) is 2. The lowest BCUT2D eigenvalue weighted by Gasteiger charge is -2.26. The average Bonchev–Trinajstić information content (AvgIpc) is 3.17. The van der Waals surface area contributed by atoms with Gasteiger partial charge in [0, 0.05) is 30.1 Å². The maximum Gasteiger partial charge on any atom is 0.0641 e. The van der Waals surface area contributed by atoms with Gasteiger partial charge in [-0.15, -0.1) is 0 Å². The van der Waals surface area contributed by atoms with Crippen molar-refractivity contribution >= 4 is 0 Å². The number of rotatable bonds is 6. The summed E-state index contributed by atoms with van der Waals surface area (Å²) < 4.78 is 2.00. The van der Waals surface area contributed by atoms with Crippen LogP contribution < -0.4 is 11.3 Å². The SMILES string of the molecule is CC(C)n1ccc(CC(NN)C2(c3ccccc3)CC2)n1. The lowest BCUT2D eigenvalue weighted by Crippen LogP contribution is -2.45. The Morgan fingerprint density at radius 3 is 2.48 bits per heavy atom. The molecule has 0 aliphatic heterocycles. The van der Waals surface area contributed by atoms with Crippen LogP contribution in [0.25, 0.3) is 0 Å². The first-order chi connectivity index (χ1) is 10.2. The summed E-state index contributed by atoms with van der Waals surface area (Å²) in [6, 6.07) is 13.4. The Kier molecular flexibility index (Phi) is 3.83. The molecule has 0 amide bonds. The molecule has 0 bridgehead atoms. The third-order valence-electron chi connectivity index (χ3n) is 4.61. The first-order valence-corrected chi connectivity index (χ1v) is 7.71. The maximum absolute atomic E-state index is 5.87. The normalized spacial score (nSPS) is 17.9. The Morgan fingerprint density at radius 1 is 1.24 bits per heavy atom. The van der Waals surface area contributed by atoms with Crippen LogP contribution in [0.2, 0.25) is 0 Å². The lowest BCUT2D eigenvalue weighted by atomic mass is 9.86. The van der Waals surface area contributed by atoms with E-state index in [1.807, 2.05) is 4.68 Å². The van der Waals surface area contributed by atoms with E-state index in [-0.39, 0.29) is 11.5 Å². The molecule has 21 heavy (non-hydrogen) atoms. The molecule has 0 saturated heterocycles. The van der Waals surface area contributed by atoms with Crippen LogP contribution in [-0.2, 0) is 11.8 Å². The quantitative estimate of drug-likeness (QED) is 0.633. The predicted molar refractivity (Wildman–Crippen MR) is 84.8 cm³/mol. The van der Waals surface area contributed by atoms with Crippen molar-refractivity contribution in [1.82, 2.24) is 15.2 Å². The second kappa shape index (κ2) is 5.62. The maximum atomic E-state index is 5.87. The molecule has 4 nitrogen and oxygen atoms in total. The van der Waals surface area contributed by atoms with Crippen molar-refractivity contribution in [2.45, 2.75) is 50.6 Å². The van der Waals surface area contributed by atoms with Crippen LogP contribution >= 0.6 is 0 Å². The van der Waals surface area contributed by atoms with Gasteiger partial charge in [-0.25, -0.2) is 0 Å². The monoisotopic (exact) mass is 284 g/mol. The van der Waals surface area contributed by atoms with Crippen LogP contribution in [-0.4, -0.2) is 15.8 Å². The van der Waals surface area contributed by atoms with E-state index in [0.717, 1.165) is 12.1 Å². The van der Waals surface area contributed by atoms with Crippen molar-refractivity contribution in [2.75, 3.05) is 0 Å². The summed E-state index contributed by atoms with van der Waals surface area (Å²) in [6.45, 7) is 4.28. The highest BCUT2D eigenvalue weighted by Crippen LogP contribution is 2.51. The number of nitrogens with zero attached hydrogens (tertiary/aromatic N) is 2. The van der Waals surface area contributed by atoms with Crippen LogP contribution in [0.3, 0.4) is 0 Å². The molecule has 1 aromatic carbocycles. The summed E-state index contributed by atoms with van der Waals surface area (Å²) in [5.74, 6) is 5.87. The van der Waals surface area contributed by atoms with Gasteiger partial charge in [-0.3, -0.25) is 16.0 Å². The van der Waals surface area contributed by atoms with Gasteiger partial charge in [0.25, 0.3) is 0 Å². The Balaban J connectivity index is 1.79. The molecule has 3 N–H and O–H groups in total. The minimum absolute atomic E-state index is 0.178. The highest BCUT2D eigenvalue weighted by atomic mass is 15.3. The molecular weight excluding hydrogens is 260 g/mol. The highest BCUT2D eigenvalue weighted by Gasteiger charge is 2.50. The lowest BCUT2D eigenvalue weighted by molar-refractivity contribution is 0.413. The molecule has 1 fully saturated rings. The van der Waals surface area contributed by atoms with Gasteiger partial charge in [-0.2, -0.15) is 5.10 Å². The molecule has 1 atom stereocenters. The minimum atomic E-state index is 0.178. The summed E-state index contributed by atoms with van der Waals surface area (Å²) >= 11 is 0. The zero-order valence-electron chi connectivity index (χ0n) is 12.8. The third kappa shape index (κ3) is 2.74. The van der Waals surface area contributed by atoms with Crippen molar-refractivity contribution in [3.05, 3.63) is 53.9 Å². The van der Waals surface area contributed by atoms with Gasteiger partial charge in [0.1, 0.15) is 0 Å². The van der Waals surface area contributed by atoms with E-state index < -0.39 is 0 Å². The van der Waals surface area contributed by atoms with Crippen LogP contribution in [0.4, 0.5) is 0 Å². The molecule has 1 unspecified atom stereocenters. The fraction of sp³-hybridized carbons (Fsp3) is 0.471. The number of hydrazine groups is 1. The highest BCUT2D eigenvalue weighted by molar-refractivity contribution is 5.34. The second-order valence-electron chi connectivity index (χ2n) is 6.33. The van der Waals surface area contributed by atoms with E-state index in [2.05, 4.69) is 67.0 Å². The van der Waals surface area contributed by atoms with Crippen molar-refractivity contribution in [3.63, 3.8) is 0 Å². The summed E-state index contributed by atoms with van der Waals surface area (Å²) in [5, 5.41) is 4.65. The first kappa shape index (κ1) is 14.3. The van der Waals surface area contributed by atoms with E-state index in [1.165, 1.54) is 18.4 Å². The fourth-order valence-electron chi connectivity index (χ4n) is 3.14. The molecule has 112 valence electrons. The molecular formula is C17H24N4. The van der Waals surface area contributed by atoms with E-state index in [1.54, 1.807) is 0 Å². The molecule has 1 aliphatic carbocycles. The molecule has 4 heteroatoms. The number of benzene rings is 1. The van der Waals surface area contributed by atoms with Crippen LogP contribution in [0.5, 0.6) is 0 Å². The fourth-order valence-corrected chi connectivity index (χ4v) is 3.14. The molecule has 0 spiro atoms. The van der Waals surface area contributed by atoms with E-state index in [4.69, 9.17) is 5.84 Å². The van der Waals surface area contributed by atoms with Crippen molar-refractivity contribution in [3.8, 4) is 0 Å². The molecule has 2 aromatic rings. The zero-order chi connectivity index (χ0) is 14.9. The Labute approximate surface area is 126 Å². The molecule has 1 aromatic heterocycles. The number of aromatic nitrogens is 2. The molecule has 1 aliphatic rings. The first-order valence-electron chi connectivity index (χ1n) is 7.71. The molecule has 1 heterocycles. The van der Waals surface area contributed by atoms with Crippen LogP contribution in [0.1, 0.15) is 44.0 Å². The summed E-state index contributed by atoms with van der Waals surface area (Å²) in [7, 11) is 0. The van der Waals surface area contributed by atoms with Crippen molar-refractivity contribution < 1.29 is 0 Å². The molecule has 0 radical (unpaired) electrons. The Hall–Kier alpha value is -1.65. The summed E-state index contributed by atoms with van der Waals surface area (Å²) in [6.07, 6.45) is 5.30. The van der Waals surface area contributed by atoms with E-state index in [9.17, 15) is 0 Å².